The lowest BCUT2D eigenvalue weighted by atomic mass is 10.1. The van der Waals surface area contributed by atoms with Crippen molar-refractivity contribution in [3.05, 3.63) is 39.6 Å². The van der Waals surface area contributed by atoms with Crippen molar-refractivity contribution in [3.8, 4) is 11.3 Å². The van der Waals surface area contributed by atoms with Crippen LogP contribution in [0.25, 0.3) is 11.3 Å². The van der Waals surface area contributed by atoms with E-state index in [-0.39, 0.29) is 39.0 Å². The third-order valence-electron chi connectivity index (χ3n) is 5.47. The lowest BCUT2D eigenvalue weighted by molar-refractivity contribution is 0.0416. The zero-order valence-electron chi connectivity index (χ0n) is 19.2. The van der Waals surface area contributed by atoms with Crippen LogP contribution in [0.3, 0.4) is 0 Å². The third kappa shape index (κ3) is 6.27. The van der Waals surface area contributed by atoms with Crippen molar-refractivity contribution in [2.75, 3.05) is 44.9 Å². The Morgan fingerprint density at radius 3 is 2.62 bits per heavy atom. The van der Waals surface area contributed by atoms with Gasteiger partial charge in [-0.05, 0) is 31.0 Å². The number of anilines is 1. The number of aryl methyl sites for hydroxylation is 2. The molecule has 2 atom stereocenters. The molecule has 1 aromatic heterocycles. The Hall–Kier alpha value is -2.20. The van der Waals surface area contributed by atoms with Gasteiger partial charge in [0.1, 0.15) is 19.1 Å². The molecule has 1 aliphatic rings. The van der Waals surface area contributed by atoms with E-state index >= 15 is 0 Å². The summed E-state index contributed by atoms with van der Waals surface area (Å²) in [5.74, 6) is 0.581. The number of alkyl halides is 1. The smallest absolute Gasteiger partial charge is 0.410 e. The molecule has 11 heteroatoms. The van der Waals surface area contributed by atoms with E-state index < -0.39 is 18.9 Å². The number of aliphatic hydroxyl groups excluding tert-OH is 1. The monoisotopic (exact) mass is 514 g/mol. The predicted molar refractivity (Wildman–Crippen MR) is 129 cm³/mol. The van der Waals surface area contributed by atoms with Gasteiger partial charge in [0.25, 0.3) is 0 Å². The molecule has 1 aliphatic heterocycles. The van der Waals surface area contributed by atoms with E-state index in [0.29, 0.717) is 34.4 Å². The maximum absolute atomic E-state index is 12.8. The van der Waals surface area contributed by atoms with Crippen molar-refractivity contribution in [2.45, 2.75) is 38.8 Å². The molecule has 1 fully saturated rings. The van der Waals surface area contributed by atoms with Gasteiger partial charge in [-0.25, -0.2) is 19.2 Å². The largest absolute Gasteiger partial charge is 0.447 e. The summed E-state index contributed by atoms with van der Waals surface area (Å²) in [5, 5.41) is 13.3. The first-order valence-corrected chi connectivity index (χ1v) is 12.0. The number of carbonyl (C=O) groups excluding carboxylic acids is 1. The standard InChI is InChI=1S/C23H29Cl2FN4O4/c1-3-17-21(15-6-5-14(24)11-16(15)25)27-18(4-2)22(28-17)29-19-12-30(23(32)34-10-8-31)13-20(19)33-9-7-26/h5-6,11,19-20,31H,3-4,7-10,12-13H2,1-2H3,(H,28,29). The van der Waals surface area contributed by atoms with Gasteiger partial charge < -0.3 is 24.8 Å². The molecule has 0 bridgehead atoms. The van der Waals surface area contributed by atoms with Crippen molar-refractivity contribution in [3.63, 3.8) is 0 Å². The van der Waals surface area contributed by atoms with Crippen LogP contribution in [0.2, 0.25) is 10.0 Å². The summed E-state index contributed by atoms with van der Waals surface area (Å²) in [6.45, 7) is 3.39. The van der Waals surface area contributed by atoms with Crippen LogP contribution >= 0.6 is 23.2 Å². The summed E-state index contributed by atoms with van der Waals surface area (Å²) in [6.07, 6.45) is 0.199. The van der Waals surface area contributed by atoms with Crippen LogP contribution in [0.5, 0.6) is 0 Å². The van der Waals surface area contributed by atoms with E-state index in [0.717, 1.165) is 17.0 Å². The molecule has 2 heterocycles. The summed E-state index contributed by atoms with van der Waals surface area (Å²) < 4.78 is 23.5. The Morgan fingerprint density at radius 1 is 1.21 bits per heavy atom. The summed E-state index contributed by atoms with van der Waals surface area (Å²) in [6, 6.07) is 4.92. The summed E-state index contributed by atoms with van der Waals surface area (Å²) in [5.41, 5.74) is 2.92. The van der Waals surface area contributed by atoms with Gasteiger partial charge >= 0.3 is 6.09 Å². The number of carbonyl (C=O) groups is 1. The number of rotatable bonds is 10. The Kier molecular flexibility index (Phi) is 9.70. The first kappa shape index (κ1) is 26.4. The molecule has 34 heavy (non-hydrogen) atoms. The average molecular weight is 515 g/mol. The molecule has 0 saturated carbocycles. The molecule has 0 radical (unpaired) electrons. The van der Waals surface area contributed by atoms with Gasteiger partial charge in [-0.3, -0.25) is 0 Å². The first-order chi connectivity index (χ1) is 16.4. The number of nitrogens with one attached hydrogen (secondary N) is 1. The molecule has 3 rings (SSSR count). The zero-order valence-corrected chi connectivity index (χ0v) is 20.7. The number of amides is 1. The van der Waals surface area contributed by atoms with Gasteiger partial charge in [-0.1, -0.05) is 37.0 Å². The van der Waals surface area contributed by atoms with Crippen LogP contribution < -0.4 is 5.32 Å². The Balaban J connectivity index is 1.89. The SMILES string of the molecule is CCc1nc(-c2ccc(Cl)cc2Cl)c(CC)nc1NC1CN(C(=O)OCCO)CC1OCCF. The molecule has 1 aromatic carbocycles. The number of aliphatic hydroxyl groups is 1. The highest BCUT2D eigenvalue weighted by Gasteiger charge is 2.37. The minimum absolute atomic E-state index is 0.0805. The lowest BCUT2D eigenvalue weighted by Crippen LogP contribution is -2.36. The highest BCUT2D eigenvalue weighted by Crippen LogP contribution is 2.33. The molecule has 0 spiro atoms. The van der Waals surface area contributed by atoms with Crippen LogP contribution in [0.15, 0.2) is 18.2 Å². The van der Waals surface area contributed by atoms with Gasteiger partial charge in [-0.2, -0.15) is 0 Å². The number of likely N-dealkylation sites (tertiary alicyclic amines) is 1. The maximum atomic E-state index is 12.8. The molecular weight excluding hydrogens is 486 g/mol. The Bertz CT molecular complexity index is 998. The van der Waals surface area contributed by atoms with E-state index in [1.165, 1.54) is 4.90 Å². The Labute approximate surface area is 208 Å². The van der Waals surface area contributed by atoms with Crippen molar-refractivity contribution < 1.29 is 23.8 Å². The number of nitrogens with zero attached hydrogens (tertiary/aromatic N) is 3. The summed E-state index contributed by atoms with van der Waals surface area (Å²) in [4.78, 5) is 23.5. The van der Waals surface area contributed by atoms with Crippen LogP contribution in [0, 0.1) is 0 Å². The van der Waals surface area contributed by atoms with Crippen molar-refractivity contribution in [1.82, 2.24) is 14.9 Å². The van der Waals surface area contributed by atoms with E-state index in [9.17, 15) is 9.18 Å². The number of hydrogen-bond donors (Lipinski definition) is 2. The molecule has 2 aromatic rings. The number of ether oxygens (including phenoxy) is 2. The lowest BCUT2D eigenvalue weighted by Gasteiger charge is -2.22. The van der Waals surface area contributed by atoms with Crippen LogP contribution in [-0.2, 0) is 22.3 Å². The van der Waals surface area contributed by atoms with Crippen LogP contribution in [0.4, 0.5) is 15.0 Å². The van der Waals surface area contributed by atoms with Gasteiger partial charge in [-0.15, -0.1) is 0 Å². The fourth-order valence-electron chi connectivity index (χ4n) is 3.84. The topological polar surface area (TPSA) is 96.8 Å². The predicted octanol–water partition coefficient (Wildman–Crippen LogP) is 4.15. The minimum atomic E-state index is -0.630. The van der Waals surface area contributed by atoms with Gasteiger partial charge in [0.2, 0.25) is 0 Å². The van der Waals surface area contributed by atoms with E-state index in [1.807, 2.05) is 19.9 Å². The maximum Gasteiger partial charge on any atom is 0.410 e. The van der Waals surface area contributed by atoms with Crippen molar-refractivity contribution in [2.24, 2.45) is 0 Å². The summed E-state index contributed by atoms with van der Waals surface area (Å²) >= 11 is 12.5. The first-order valence-electron chi connectivity index (χ1n) is 11.2. The Morgan fingerprint density at radius 2 is 1.97 bits per heavy atom. The second-order valence-corrected chi connectivity index (χ2v) is 8.58. The second kappa shape index (κ2) is 12.5. The molecule has 8 nitrogen and oxygen atoms in total. The molecule has 1 saturated heterocycles. The van der Waals surface area contributed by atoms with Crippen LogP contribution in [-0.4, -0.2) is 77.8 Å². The quantitative estimate of drug-likeness (QED) is 0.491. The highest BCUT2D eigenvalue weighted by atomic mass is 35.5. The average Bonchev–Trinajstić information content (AvgIpc) is 3.23. The third-order valence-corrected chi connectivity index (χ3v) is 6.02. The molecule has 2 N–H and O–H groups in total. The second-order valence-electron chi connectivity index (χ2n) is 7.74. The summed E-state index contributed by atoms with van der Waals surface area (Å²) in [7, 11) is 0. The normalized spacial score (nSPS) is 17.8. The van der Waals surface area contributed by atoms with Gasteiger partial charge in [0.05, 0.1) is 54.0 Å². The van der Waals surface area contributed by atoms with Gasteiger partial charge in [0.15, 0.2) is 0 Å². The number of hydrogen-bond acceptors (Lipinski definition) is 7. The molecule has 2 unspecified atom stereocenters. The number of halogens is 3. The molecule has 186 valence electrons. The van der Waals surface area contributed by atoms with Crippen molar-refractivity contribution in [1.29, 1.82) is 0 Å². The molecular formula is C23H29Cl2FN4O4. The van der Waals surface area contributed by atoms with Crippen molar-refractivity contribution >= 4 is 35.1 Å². The number of aromatic nitrogens is 2. The molecule has 0 aliphatic carbocycles. The van der Waals surface area contributed by atoms with E-state index in [2.05, 4.69) is 5.32 Å². The van der Waals surface area contributed by atoms with Gasteiger partial charge in [0, 0.05) is 17.1 Å². The molecule has 1 amide bonds. The fraction of sp³-hybridized carbons (Fsp3) is 0.522. The highest BCUT2D eigenvalue weighted by molar-refractivity contribution is 6.36. The van der Waals surface area contributed by atoms with E-state index in [4.69, 9.17) is 47.8 Å². The number of benzene rings is 1. The fourth-order valence-corrected chi connectivity index (χ4v) is 4.33. The van der Waals surface area contributed by atoms with Crippen LogP contribution in [0.1, 0.15) is 25.2 Å². The van der Waals surface area contributed by atoms with E-state index in [1.54, 1.807) is 12.1 Å². The minimum Gasteiger partial charge on any atom is -0.447 e. The zero-order chi connectivity index (χ0) is 24.7.